The molecule has 11 nitrogen and oxygen atoms in total. The van der Waals surface area contributed by atoms with Crippen molar-refractivity contribution in [2.24, 2.45) is 5.11 Å². The Hall–Kier alpha value is 0.0200. The fourth-order valence-corrected chi connectivity index (χ4v) is 2.09. The fourth-order valence-electron chi connectivity index (χ4n) is 2.09. The number of methoxy groups -OCH3 is 1. The van der Waals surface area contributed by atoms with E-state index in [1.54, 1.807) is 7.11 Å². The third-order valence-corrected chi connectivity index (χ3v) is 2.70. The molecule has 2 aliphatic rings. The second-order valence-electron chi connectivity index (χ2n) is 4.88. The van der Waals surface area contributed by atoms with E-state index in [2.05, 4.69) is 10.0 Å². The minimum absolute atomic E-state index is 0. The van der Waals surface area contributed by atoms with Crippen LogP contribution < -0.4 is 29.6 Å². The molecule has 23 heavy (non-hydrogen) atoms. The van der Waals surface area contributed by atoms with Gasteiger partial charge in [-0.2, -0.15) is 0 Å². The van der Waals surface area contributed by atoms with Gasteiger partial charge in [0.15, 0.2) is 12.1 Å². The molecule has 0 aromatic carbocycles. The van der Waals surface area contributed by atoms with Crippen molar-refractivity contribution in [2.45, 2.75) is 44.2 Å². The van der Waals surface area contributed by atoms with E-state index in [0.717, 1.165) is 0 Å². The van der Waals surface area contributed by atoms with Gasteiger partial charge < -0.3 is 23.5 Å². The summed E-state index contributed by atoms with van der Waals surface area (Å²) in [6, 6.07) is 0. The second kappa shape index (κ2) is 9.49. The average molecular weight is 362 g/mol. The topological polar surface area (TPSA) is 163 Å². The van der Waals surface area contributed by atoms with Crippen LogP contribution in [0.4, 0.5) is 0 Å². The molecule has 13 heteroatoms. The van der Waals surface area contributed by atoms with Crippen LogP contribution in [0.25, 0.3) is 10.4 Å². The Morgan fingerprint density at radius 2 is 2.04 bits per heavy atom. The van der Waals surface area contributed by atoms with Crippen LogP contribution in [0.1, 0.15) is 13.8 Å². The monoisotopic (exact) mass is 362 g/mol. The standard InChI is InChI=1S/C10H16N3O4.Na.H2O4S/c1-10(2)16-7-4-6(5-12-13-11)15-9(14-3)8(7)17-10;;1-5(2,3)4/h4,6-9H,5H2,1-3H3;;(H2,1,2,3,4)/q-1;+1;/p-1/t6?,7-,8?,9-;;/m0../s1. The van der Waals surface area contributed by atoms with Crippen LogP contribution >= 0.6 is 0 Å². The molecule has 2 rings (SSSR count). The van der Waals surface area contributed by atoms with Gasteiger partial charge in [-0.15, -0.1) is 0 Å². The van der Waals surface area contributed by atoms with E-state index in [9.17, 15) is 0 Å². The Balaban J connectivity index is 0.000000709. The van der Waals surface area contributed by atoms with Crippen LogP contribution in [0.15, 0.2) is 5.11 Å². The molecule has 2 saturated heterocycles. The second-order valence-corrected chi connectivity index (χ2v) is 5.73. The van der Waals surface area contributed by atoms with Crippen LogP contribution in [-0.4, -0.2) is 61.6 Å². The first kappa shape index (κ1) is 23.0. The Kier molecular flexibility index (Phi) is 9.50. The first-order chi connectivity index (χ1) is 10.1. The third-order valence-electron chi connectivity index (χ3n) is 2.70. The normalized spacial score (nSPS) is 31.7. The zero-order valence-corrected chi connectivity index (χ0v) is 16.0. The van der Waals surface area contributed by atoms with Crippen molar-refractivity contribution in [3.8, 4) is 0 Å². The maximum absolute atomic E-state index is 8.63. The van der Waals surface area contributed by atoms with Crippen LogP contribution in [0.3, 0.4) is 0 Å². The van der Waals surface area contributed by atoms with E-state index in [0.29, 0.717) is 0 Å². The maximum atomic E-state index is 8.63. The van der Waals surface area contributed by atoms with Crippen molar-refractivity contribution in [1.82, 2.24) is 0 Å². The van der Waals surface area contributed by atoms with Gasteiger partial charge in [0.05, 0.1) is 0 Å². The van der Waals surface area contributed by atoms with Crippen molar-refractivity contribution in [3.05, 3.63) is 16.9 Å². The van der Waals surface area contributed by atoms with Crippen LogP contribution in [0, 0.1) is 6.42 Å². The maximum Gasteiger partial charge on any atom is 1.00 e. The molecule has 2 unspecified atom stereocenters. The summed E-state index contributed by atoms with van der Waals surface area (Å²) in [4.78, 5) is 2.71. The minimum Gasteiger partial charge on any atom is -0.726 e. The zero-order chi connectivity index (χ0) is 17.0. The van der Waals surface area contributed by atoms with Gasteiger partial charge in [-0.25, -0.2) is 8.42 Å². The van der Waals surface area contributed by atoms with Crippen LogP contribution in [0.2, 0.25) is 0 Å². The number of azide groups is 1. The van der Waals surface area contributed by atoms with Crippen molar-refractivity contribution < 1.29 is 66.0 Å². The summed E-state index contributed by atoms with van der Waals surface area (Å²) < 4.78 is 55.1. The molecule has 1 N–H and O–H groups in total. The van der Waals surface area contributed by atoms with Crippen molar-refractivity contribution in [3.63, 3.8) is 0 Å². The minimum atomic E-state index is -4.92. The number of ether oxygens (including phenoxy) is 4. The molecule has 2 aliphatic heterocycles. The molecule has 128 valence electrons. The smallest absolute Gasteiger partial charge is 0.726 e. The summed E-state index contributed by atoms with van der Waals surface area (Å²) in [5.41, 5.74) is 8.29. The summed E-state index contributed by atoms with van der Waals surface area (Å²) in [7, 11) is -3.37. The van der Waals surface area contributed by atoms with Gasteiger partial charge in [-0.3, -0.25) is 11.0 Å². The number of hydrogen-bond acceptors (Lipinski definition) is 8. The van der Waals surface area contributed by atoms with Gasteiger partial charge in [-0.1, -0.05) is 11.2 Å². The summed E-state index contributed by atoms with van der Waals surface area (Å²) in [6.45, 7) is 3.91. The molecule has 0 saturated carbocycles. The van der Waals surface area contributed by atoms with Crippen LogP contribution in [0.5, 0.6) is 0 Å². The average Bonchev–Trinajstić information content (AvgIpc) is 2.67. The SMILES string of the molecule is CO[C@H]1OC(CN=[N+]=[N-])[CH-][C@@H]2OC(C)(C)OC12.O=S(=O)([O-])O.[Na+]. The van der Waals surface area contributed by atoms with E-state index >= 15 is 0 Å². The molecular weight excluding hydrogens is 345 g/mol. The molecule has 0 amide bonds. The summed E-state index contributed by atoms with van der Waals surface area (Å²) in [5.74, 6) is -0.653. The summed E-state index contributed by atoms with van der Waals surface area (Å²) in [5, 5.41) is 3.49. The van der Waals surface area contributed by atoms with E-state index in [1.807, 2.05) is 20.3 Å². The van der Waals surface area contributed by atoms with Crippen LogP contribution in [-0.2, 0) is 29.3 Å². The first-order valence-electron chi connectivity index (χ1n) is 6.14. The van der Waals surface area contributed by atoms with Gasteiger partial charge in [-0.05, 0) is 25.5 Å². The van der Waals surface area contributed by atoms with Crippen molar-refractivity contribution in [1.29, 1.82) is 0 Å². The number of nitrogens with zero attached hydrogens (tertiary/aromatic N) is 3. The number of fused-ring (bicyclic) bond motifs is 1. The molecule has 0 aromatic rings. The summed E-state index contributed by atoms with van der Waals surface area (Å²) in [6.07, 6.45) is 0.545. The molecule has 4 atom stereocenters. The van der Waals surface area contributed by atoms with E-state index in [1.165, 1.54) is 0 Å². The molecule has 0 bridgehead atoms. The Morgan fingerprint density at radius 1 is 1.48 bits per heavy atom. The van der Waals surface area contributed by atoms with Gasteiger partial charge in [0.25, 0.3) is 0 Å². The molecule has 0 aromatic heterocycles. The fraction of sp³-hybridized carbons (Fsp3) is 0.900. The molecule has 2 heterocycles. The molecule has 0 radical (unpaired) electrons. The van der Waals surface area contributed by atoms with E-state index in [-0.39, 0.29) is 54.4 Å². The van der Waals surface area contributed by atoms with E-state index in [4.69, 9.17) is 42.0 Å². The predicted octanol–water partition coefficient (Wildman–Crippen LogP) is -2.60. The van der Waals surface area contributed by atoms with Crippen molar-refractivity contribution >= 4 is 10.4 Å². The quantitative estimate of drug-likeness (QED) is 0.109. The Bertz CT molecular complexity index is 516. The number of rotatable bonds is 3. The van der Waals surface area contributed by atoms with Gasteiger partial charge in [0, 0.05) is 18.6 Å². The van der Waals surface area contributed by atoms with Gasteiger partial charge in [0.1, 0.15) is 6.10 Å². The first-order valence-corrected chi connectivity index (χ1v) is 7.50. The molecular formula is C10H17N3NaO8S-. The van der Waals surface area contributed by atoms with Crippen molar-refractivity contribution in [2.75, 3.05) is 13.7 Å². The van der Waals surface area contributed by atoms with E-state index < -0.39 is 22.5 Å². The summed E-state index contributed by atoms with van der Waals surface area (Å²) >= 11 is 0. The molecule has 2 fully saturated rings. The largest absolute Gasteiger partial charge is 1.00 e. The van der Waals surface area contributed by atoms with Gasteiger partial charge in [0.2, 0.25) is 10.4 Å². The Morgan fingerprint density at radius 3 is 2.52 bits per heavy atom. The molecule has 0 aliphatic carbocycles. The Labute approximate surface area is 156 Å². The molecule has 0 spiro atoms. The number of hydrogen-bond donors (Lipinski definition) is 1. The van der Waals surface area contributed by atoms with Gasteiger partial charge >= 0.3 is 29.6 Å². The predicted molar refractivity (Wildman–Crippen MR) is 70.1 cm³/mol. The third kappa shape index (κ3) is 8.61. The zero-order valence-electron chi connectivity index (χ0n) is 13.1.